The summed E-state index contributed by atoms with van der Waals surface area (Å²) in [6.07, 6.45) is 5.62. The van der Waals surface area contributed by atoms with Gasteiger partial charge in [0.25, 0.3) is 0 Å². The Morgan fingerprint density at radius 2 is 1.26 bits per heavy atom. The molecule has 0 heterocycles. The fraction of sp³-hybridized carbons (Fsp3) is 0.769. The smallest absolute Gasteiger partial charge is 0.211 e. The molecule has 0 spiro atoms. The van der Waals surface area contributed by atoms with E-state index in [1.807, 2.05) is 13.8 Å². The van der Waals surface area contributed by atoms with E-state index in [0.29, 0.717) is 12.8 Å². The van der Waals surface area contributed by atoms with Crippen LogP contribution >= 0.6 is 0 Å². The van der Waals surface area contributed by atoms with Gasteiger partial charge in [-0.1, -0.05) is 13.8 Å². The van der Waals surface area contributed by atoms with Crippen LogP contribution in [-0.4, -0.2) is 35.4 Å². The number of aliphatic imine (C=N–C) groups is 3. The molecule has 0 aromatic heterocycles. The van der Waals surface area contributed by atoms with Crippen LogP contribution in [0.1, 0.15) is 40.5 Å². The van der Waals surface area contributed by atoms with Gasteiger partial charge < -0.3 is 0 Å². The average Bonchev–Trinajstić information content (AvgIpc) is 2.22. The summed E-state index contributed by atoms with van der Waals surface area (Å²) in [6.45, 7) is 7.40. The zero-order chi connectivity index (χ0) is 14.7. The van der Waals surface area contributed by atoms with Crippen LogP contribution in [0.5, 0.6) is 0 Å². The van der Waals surface area contributed by atoms with E-state index in [2.05, 4.69) is 15.0 Å². The first kappa shape index (κ1) is 15.2. The van der Waals surface area contributed by atoms with E-state index in [0.717, 1.165) is 0 Å². The molecule has 0 bridgehead atoms. The van der Waals surface area contributed by atoms with Crippen LogP contribution in [0.25, 0.3) is 0 Å². The summed E-state index contributed by atoms with van der Waals surface area (Å²) < 4.78 is 0. The monoisotopic (exact) mass is 263 g/mol. The minimum Gasteiger partial charge on any atom is -0.211 e. The second-order valence-corrected chi connectivity index (χ2v) is 6.26. The predicted octanol–water partition coefficient (Wildman–Crippen LogP) is 1.70. The third-order valence-corrected chi connectivity index (χ3v) is 3.63. The Hall–Kier alpha value is -1.86. The van der Waals surface area contributed by atoms with E-state index >= 15 is 0 Å². The molecule has 0 N–H and O–H groups in total. The number of rotatable bonds is 3. The molecular formula is C13H17N3O3. The van der Waals surface area contributed by atoms with Crippen molar-refractivity contribution in [3.63, 3.8) is 0 Å². The predicted molar refractivity (Wildman–Crippen MR) is 68.0 cm³/mol. The van der Waals surface area contributed by atoms with Gasteiger partial charge in [-0.2, -0.15) is 15.0 Å². The topological polar surface area (TPSA) is 88.3 Å². The molecule has 1 aliphatic carbocycles. The molecule has 1 aliphatic rings. The zero-order valence-electron chi connectivity index (χ0n) is 11.6. The van der Waals surface area contributed by atoms with E-state index in [9.17, 15) is 14.4 Å². The normalized spacial score (nSPS) is 36.3. The molecule has 19 heavy (non-hydrogen) atoms. The minimum absolute atomic E-state index is 0.209. The molecule has 0 amide bonds. The van der Waals surface area contributed by atoms with E-state index in [-0.39, 0.29) is 5.41 Å². The number of nitrogens with zero attached hydrogens (tertiary/aromatic N) is 3. The first-order valence-corrected chi connectivity index (χ1v) is 5.98. The highest BCUT2D eigenvalue weighted by Crippen LogP contribution is 2.50. The van der Waals surface area contributed by atoms with Gasteiger partial charge in [0.2, 0.25) is 18.2 Å². The van der Waals surface area contributed by atoms with Crippen LogP contribution in [0.15, 0.2) is 15.0 Å². The van der Waals surface area contributed by atoms with Gasteiger partial charge in [-0.15, -0.1) is 0 Å². The van der Waals surface area contributed by atoms with Crippen molar-refractivity contribution in [2.75, 3.05) is 0 Å². The fourth-order valence-corrected chi connectivity index (χ4v) is 3.60. The lowest BCUT2D eigenvalue weighted by atomic mass is 9.59. The van der Waals surface area contributed by atoms with Gasteiger partial charge in [-0.05, 0) is 32.1 Å². The summed E-state index contributed by atoms with van der Waals surface area (Å²) in [4.78, 5) is 43.4. The average molecular weight is 263 g/mol. The highest BCUT2D eigenvalue weighted by Gasteiger charge is 2.56. The maximum atomic E-state index is 10.7. The molecule has 0 aromatic rings. The molecule has 1 saturated carbocycles. The third-order valence-electron chi connectivity index (χ3n) is 3.63. The maximum absolute atomic E-state index is 10.7. The Bertz CT molecular complexity index is 475. The van der Waals surface area contributed by atoms with Crippen LogP contribution in [0, 0.1) is 5.41 Å². The Labute approximate surface area is 111 Å². The number of hydrogen-bond acceptors (Lipinski definition) is 6. The standard InChI is InChI=1S/C13H17N3O3/c1-11(2)5-12(3,15-8-18)10(14-7-17)13(4,6-11)16-9-19/h10H,5-6H2,1-4H3. The van der Waals surface area contributed by atoms with Gasteiger partial charge in [0, 0.05) is 0 Å². The summed E-state index contributed by atoms with van der Waals surface area (Å²) in [5.41, 5.74) is -2.08. The molecular weight excluding hydrogens is 246 g/mol. The Morgan fingerprint density at radius 3 is 1.58 bits per heavy atom. The highest BCUT2D eigenvalue weighted by molar-refractivity contribution is 5.42. The molecule has 1 fully saturated rings. The van der Waals surface area contributed by atoms with Gasteiger partial charge in [0.05, 0.1) is 11.1 Å². The van der Waals surface area contributed by atoms with E-state index < -0.39 is 17.1 Å². The van der Waals surface area contributed by atoms with Crippen LogP contribution in [0.2, 0.25) is 0 Å². The van der Waals surface area contributed by atoms with Crippen LogP contribution < -0.4 is 0 Å². The molecule has 2 unspecified atom stereocenters. The summed E-state index contributed by atoms with van der Waals surface area (Å²) in [7, 11) is 0. The van der Waals surface area contributed by atoms with Crippen LogP contribution in [0.4, 0.5) is 0 Å². The van der Waals surface area contributed by atoms with Crippen molar-refractivity contribution in [2.24, 2.45) is 20.4 Å². The van der Waals surface area contributed by atoms with E-state index in [1.54, 1.807) is 13.8 Å². The summed E-state index contributed by atoms with van der Waals surface area (Å²) >= 11 is 0. The second-order valence-electron chi connectivity index (χ2n) is 6.26. The summed E-state index contributed by atoms with van der Waals surface area (Å²) in [5.74, 6) is 0. The van der Waals surface area contributed by atoms with Crippen molar-refractivity contribution in [1.82, 2.24) is 0 Å². The third kappa shape index (κ3) is 2.94. The quantitative estimate of drug-likeness (QED) is 0.573. The minimum atomic E-state index is -0.935. The number of isocyanates is 3. The largest absolute Gasteiger partial charge is 0.235 e. The van der Waals surface area contributed by atoms with Crippen molar-refractivity contribution in [1.29, 1.82) is 0 Å². The first-order chi connectivity index (χ1) is 8.73. The van der Waals surface area contributed by atoms with Crippen molar-refractivity contribution >= 4 is 18.2 Å². The number of hydrogen-bond donors (Lipinski definition) is 0. The maximum Gasteiger partial charge on any atom is 0.235 e. The molecule has 2 atom stereocenters. The zero-order valence-corrected chi connectivity index (χ0v) is 11.6. The van der Waals surface area contributed by atoms with Crippen molar-refractivity contribution in [2.45, 2.75) is 57.7 Å². The summed E-state index contributed by atoms with van der Waals surface area (Å²) in [6, 6.07) is -0.728. The van der Waals surface area contributed by atoms with Crippen LogP contribution in [-0.2, 0) is 14.4 Å². The SMILES string of the molecule is CC1(C)CC(C)(N=C=O)C(N=C=O)C(C)(N=C=O)C1. The molecule has 0 radical (unpaired) electrons. The molecule has 6 heteroatoms. The van der Waals surface area contributed by atoms with Gasteiger partial charge in [0.1, 0.15) is 6.04 Å². The molecule has 1 rings (SSSR count). The van der Waals surface area contributed by atoms with Gasteiger partial charge in [0.15, 0.2) is 0 Å². The Kier molecular flexibility index (Phi) is 4.02. The Balaban J connectivity index is 3.49. The molecule has 0 saturated heterocycles. The molecule has 0 aromatic carbocycles. The molecule has 6 nitrogen and oxygen atoms in total. The lowest BCUT2D eigenvalue weighted by Crippen LogP contribution is -2.58. The van der Waals surface area contributed by atoms with Gasteiger partial charge in [-0.3, -0.25) is 0 Å². The highest BCUT2D eigenvalue weighted by atomic mass is 16.1. The second kappa shape index (κ2) is 5.02. The van der Waals surface area contributed by atoms with Crippen LogP contribution in [0.3, 0.4) is 0 Å². The van der Waals surface area contributed by atoms with Gasteiger partial charge in [-0.25, -0.2) is 14.4 Å². The summed E-state index contributed by atoms with van der Waals surface area (Å²) in [5, 5.41) is 0. The van der Waals surface area contributed by atoms with E-state index in [1.165, 1.54) is 18.2 Å². The molecule has 102 valence electrons. The van der Waals surface area contributed by atoms with Gasteiger partial charge >= 0.3 is 0 Å². The first-order valence-electron chi connectivity index (χ1n) is 5.98. The fourth-order valence-electron chi connectivity index (χ4n) is 3.60. The van der Waals surface area contributed by atoms with Crippen molar-refractivity contribution in [3.8, 4) is 0 Å². The lowest BCUT2D eigenvalue weighted by Gasteiger charge is -2.50. The van der Waals surface area contributed by atoms with Crippen molar-refractivity contribution < 1.29 is 14.4 Å². The van der Waals surface area contributed by atoms with Crippen molar-refractivity contribution in [3.05, 3.63) is 0 Å². The van der Waals surface area contributed by atoms with E-state index in [4.69, 9.17) is 0 Å². The molecule has 0 aliphatic heterocycles. The number of carbonyl (C=O) groups excluding carboxylic acids is 3. The lowest BCUT2D eigenvalue weighted by molar-refractivity contribution is 0.0772. The Morgan fingerprint density at radius 1 is 0.842 bits per heavy atom.